The highest BCUT2D eigenvalue weighted by Crippen LogP contribution is 2.21. The topological polar surface area (TPSA) is 54.3 Å². The summed E-state index contributed by atoms with van der Waals surface area (Å²) in [6, 6.07) is 9.12. The first-order chi connectivity index (χ1) is 9.95. The summed E-state index contributed by atoms with van der Waals surface area (Å²) >= 11 is 5.88. The van der Waals surface area contributed by atoms with E-state index < -0.39 is 0 Å². The van der Waals surface area contributed by atoms with Crippen LogP contribution in [0.4, 0.5) is 5.69 Å². The molecule has 0 saturated heterocycles. The van der Waals surface area contributed by atoms with Crippen molar-refractivity contribution in [2.75, 3.05) is 11.9 Å². The van der Waals surface area contributed by atoms with Gasteiger partial charge in [-0.1, -0.05) is 17.7 Å². The molecule has 4 nitrogen and oxygen atoms in total. The van der Waals surface area contributed by atoms with Gasteiger partial charge in [-0.15, -0.1) is 0 Å². The largest absolute Gasteiger partial charge is 0.466 e. The van der Waals surface area contributed by atoms with E-state index in [1.165, 1.54) is 0 Å². The number of nitrogens with one attached hydrogen (secondary N) is 2. The molecule has 2 aromatic rings. The molecular formula is C16H19ClN2O2. The Kier molecular flexibility index (Phi) is 5.04. The number of furan rings is 1. The first-order valence-electron chi connectivity index (χ1n) is 6.81. The Balaban J connectivity index is 1.88. The molecule has 2 rings (SSSR count). The van der Waals surface area contributed by atoms with Gasteiger partial charge in [0.2, 0.25) is 5.91 Å². The van der Waals surface area contributed by atoms with Crippen LogP contribution in [0.15, 0.2) is 34.7 Å². The van der Waals surface area contributed by atoms with Crippen molar-refractivity contribution in [2.45, 2.75) is 26.8 Å². The monoisotopic (exact) mass is 306 g/mol. The van der Waals surface area contributed by atoms with Gasteiger partial charge in [-0.3, -0.25) is 4.79 Å². The molecule has 0 aliphatic carbocycles. The Hall–Kier alpha value is -1.78. The van der Waals surface area contributed by atoms with Crippen LogP contribution in [0, 0.1) is 13.8 Å². The molecule has 0 aliphatic rings. The van der Waals surface area contributed by atoms with Crippen molar-refractivity contribution in [1.82, 2.24) is 5.32 Å². The maximum absolute atomic E-state index is 11.9. The SMILES string of the molecule is Cc1cc(C(C)NCC(=O)Nc2cccc(Cl)c2)c(C)o1. The highest BCUT2D eigenvalue weighted by molar-refractivity contribution is 6.30. The number of hydrogen-bond acceptors (Lipinski definition) is 3. The summed E-state index contributed by atoms with van der Waals surface area (Å²) in [7, 11) is 0. The van der Waals surface area contributed by atoms with Gasteiger partial charge in [0.15, 0.2) is 0 Å². The number of anilines is 1. The van der Waals surface area contributed by atoms with Crippen molar-refractivity contribution in [3.05, 3.63) is 52.4 Å². The van der Waals surface area contributed by atoms with E-state index in [4.69, 9.17) is 16.0 Å². The summed E-state index contributed by atoms with van der Waals surface area (Å²) in [4.78, 5) is 11.9. The summed E-state index contributed by atoms with van der Waals surface area (Å²) < 4.78 is 5.50. The third-order valence-electron chi connectivity index (χ3n) is 3.22. The van der Waals surface area contributed by atoms with E-state index in [-0.39, 0.29) is 18.5 Å². The Morgan fingerprint density at radius 3 is 2.71 bits per heavy atom. The number of benzene rings is 1. The van der Waals surface area contributed by atoms with Gasteiger partial charge in [-0.2, -0.15) is 0 Å². The number of carbonyl (C=O) groups is 1. The van der Waals surface area contributed by atoms with Crippen LogP contribution in [0.25, 0.3) is 0 Å². The Morgan fingerprint density at radius 1 is 1.33 bits per heavy atom. The first kappa shape index (κ1) is 15.6. The van der Waals surface area contributed by atoms with E-state index in [9.17, 15) is 4.79 Å². The van der Waals surface area contributed by atoms with Crippen molar-refractivity contribution < 1.29 is 9.21 Å². The van der Waals surface area contributed by atoms with E-state index in [1.807, 2.05) is 26.8 Å². The maximum atomic E-state index is 11.9. The first-order valence-corrected chi connectivity index (χ1v) is 7.19. The second kappa shape index (κ2) is 6.78. The predicted octanol–water partition coefficient (Wildman–Crippen LogP) is 3.84. The van der Waals surface area contributed by atoms with E-state index >= 15 is 0 Å². The fourth-order valence-corrected chi connectivity index (χ4v) is 2.40. The van der Waals surface area contributed by atoms with E-state index in [0.29, 0.717) is 10.7 Å². The number of aryl methyl sites for hydroxylation is 2. The van der Waals surface area contributed by atoms with Crippen LogP contribution in [-0.2, 0) is 4.79 Å². The summed E-state index contributed by atoms with van der Waals surface area (Å²) in [6.07, 6.45) is 0. The molecule has 1 unspecified atom stereocenters. The van der Waals surface area contributed by atoms with Gasteiger partial charge in [0.25, 0.3) is 0 Å². The van der Waals surface area contributed by atoms with Gasteiger partial charge >= 0.3 is 0 Å². The van der Waals surface area contributed by atoms with Crippen LogP contribution in [0.1, 0.15) is 30.0 Å². The number of rotatable bonds is 5. The standard InChI is InChI=1S/C16H19ClN2O2/c1-10-7-15(12(3)21-10)11(2)18-9-16(20)19-14-6-4-5-13(17)8-14/h4-8,11,18H,9H2,1-3H3,(H,19,20). The zero-order chi connectivity index (χ0) is 15.4. The smallest absolute Gasteiger partial charge is 0.238 e. The third kappa shape index (κ3) is 4.34. The molecular weight excluding hydrogens is 288 g/mol. The van der Waals surface area contributed by atoms with Gasteiger partial charge in [0, 0.05) is 22.3 Å². The highest BCUT2D eigenvalue weighted by atomic mass is 35.5. The van der Waals surface area contributed by atoms with E-state index in [0.717, 1.165) is 17.1 Å². The molecule has 0 saturated carbocycles. The minimum absolute atomic E-state index is 0.0487. The highest BCUT2D eigenvalue weighted by Gasteiger charge is 2.13. The number of hydrogen-bond donors (Lipinski definition) is 2. The number of amides is 1. The van der Waals surface area contributed by atoms with E-state index in [2.05, 4.69) is 10.6 Å². The van der Waals surface area contributed by atoms with Crippen LogP contribution in [-0.4, -0.2) is 12.5 Å². The molecule has 21 heavy (non-hydrogen) atoms. The van der Waals surface area contributed by atoms with Crippen molar-refractivity contribution >= 4 is 23.2 Å². The zero-order valence-corrected chi connectivity index (χ0v) is 13.1. The second-order valence-corrected chi connectivity index (χ2v) is 5.47. The lowest BCUT2D eigenvalue weighted by atomic mass is 10.1. The molecule has 1 aromatic carbocycles. The molecule has 112 valence electrons. The van der Waals surface area contributed by atoms with Crippen LogP contribution in [0.5, 0.6) is 0 Å². The summed E-state index contributed by atoms with van der Waals surface area (Å²) in [5.41, 5.74) is 1.76. The van der Waals surface area contributed by atoms with Crippen molar-refractivity contribution in [2.24, 2.45) is 0 Å². The fourth-order valence-electron chi connectivity index (χ4n) is 2.21. The van der Waals surface area contributed by atoms with E-state index in [1.54, 1.807) is 24.3 Å². The molecule has 1 heterocycles. The third-order valence-corrected chi connectivity index (χ3v) is 3.46. The Bertz CT molecular complexity index is 637. The molecule has 1 aromatic heterocycles. The van der Waals surface area contributed by atoms with Crippen molar-refractivity contribution in [1.29, 1.82) is 0 Å². The van der Waals surface area contributed by atoms with Crippen LogP contribution in [0.3, 0.4) is 0 Å². The second-order valence-electron chi connectivity index (χ2n) is 5.03. The normalized spacial score (nSPS) is 12.2. The molecule has 1 amide bonds. The summed E-state index contributed by atoms with van der Waals surface area (Å²) in [5.74, 6) is 1.64. The molecule has 0 aliphatic heterocycles. The minimum Gasteiger partial charge on any atom is -0.466 e. The van der Waals surface area contributed by atoms with Gasteiger partial charge in [0.05, 0.1) is 6.54 Å². The average molecular weight is 307 g/mol. The van der Waals surface area contributed by atoms with Gasteiger partial charge in [0.1, 0.15) is 11.5 Å². The fraction of sp³-hybridized carbons (Fsp3) is 0.312. The lowest BCUT2D eigenvalue weighted by Gasteiger charge is -2.13. The predicted molar refractivity (Wildman–Crippen MR) is 84.7 cm³/mol. The average Bonchev–Trinajstić information content (AvgIpc) is 2.75. The molecule has 0 bridgehead atoms. The zero-order valence-electron chi connectivity index (χ0n) is 12.4. The van der Waals surface area contributed by atoms with Gasteiger partial charge in [-0.25, -0.2) is 0 Å². The number of carbonyl (C=O) groups excluding carboxylic acids is 1. The van der Waals surface area contributed by atoms with Crippen molar-refractivity contribution in [3.63, 3.8) is 0 Å². The Morgan fingerprint density at radius 2 is 2.10 bits per heavy atom. The molecule has 2 N–H and O–H groups in total. The van der Waals surface area contributed by atoms with Crippen LogP contribution in [0.2, 0.25) is 5.02 Å². The molecule has 0 spiro atoms. The lowest BCUT2D eigenvalue weighted by Crippen LogP contribution is -2.30. The number of halogens is 1. The lowest BCUT2D eigenvalue weighted by molar-refractivity contribution is -0.115. The quantitative estimate of drug-likeness (QED) is 0.882. The van der Waals surface area contributed by atoms with Crippen LogP contribution < -0.4 is 10.6 Å². The molecule has 0 fully saturated rings. The van der Waals surface area contributed by atoms with Gasteiger partial charge in [-0.05, 0) is 45.0 Å². The molecule has 5 heteroatoms. The summed E-state index contributed by atoms with van der Waals surface area (Å²) in [6.45, 7) is 6.06. The van der Waals surface area contributed by atoms with Gasteiger partial charge < -0.3 is 15.1 Å². The Labute approximate surface area is 129 Å². The minimum atomic E-state index is -0.109. The maximum Gasteiger partial charge on any atom is 0.238 e. The van der Waals surface area contributed by atoms with Crippen molar-refractivity contribution in [3.8, 4) is 0 Å². The molecule has 1 atom stereocenters. The summed E-state index contributed by atoms with van der Waals surface area (Å²) in [5, 5.41) is 6.58. The van der Waals surface area contributed by atoms with Crippen LogP contribution >= 0.6 is 11.6 Å². The molecule has 0 radical (unpaired) electrons.